The van der Waals surface area contributed by atoms with Crippen LogP contribution in [0.25, 0.3) is 11.1 Å². The van der Waals surface area contributed by atoms with E-state index in [1.807, 2.05) is 54.6 Å². The van der Waals surface area contributed by atoms with Crippen molar-refractivity contribution >= 4 is 17.9 Å². The lowest BCUT2D eigenvalue weighted by molar-refractivity contribution is -0.108. The van der Waals surface area contributed by atoms with Crippen molar-refractivity contribution < 1.29 is 9.53 Å². The molecule has 1 aliphatic heterocycles. The first-order chi connectivity index (χ1) is 17.7. The molecule has 0 radical (unpaired) electrons. The van der Waals surface area contributed by atoms with Gasteiger partial charge in [0.05, 0.1) is 17.6 Å². The quantitative estimate of drug-likeness (QED) is 0.365. The first kappa shape index (κ1) is 26.6. The molecule has 1 aromatic heterocycles. The zero-order valence-corrected chi connectivity index (χ0v) is 20.5. The van der Waals surface area contributed by atoms with Crippen LogP contribution in [-0.4, -0.2) is 53.9 Å². The highest BCUT2D eigenvalue weighted by atomic mass is 16.5. The molecule has 1 fully saturated rings. The van der Waals surface area contributed by atoms with E-state index in [9.17, 15) is 4.79 Å². The van der Waals surface area contributed by atoms with Crippen molar-refractivity contribution in [3.63, 3.8) is 0 Å². The Morgan fingerprint density at radius 3 is 2.58 bits per heavy atom. The van der Waals surface area contributed by atoms with Gasteiger partial charge in [-0.1, -0.05) is 30.3 Å². The zero-order valence-electron chi connectivity index (χ0n) is 20.5. The molecular formula is C27H33N7O2. The summed E-state index contributed by atoms with van der Waals surface area (Å²) in [5, 5.41) is 12.7. The number of rotatable bonds is 10. The number of carbonyl (C=O) groups excluding carboxylic acids is 1. The van der Waals surface area contributed by atoms with Gasteiger partial charge in [0.25, 0.3) is 0 Å². The molecule has 36 heavy (non-hydrogen) atoms. The lowest BCUT2D eigenvalue weighted by Crippen LogP contribution is -2.28. The number of hydrogen-bond acceptors (Lipinski definition) is 9. The van der Waals surface area contributed by atoms with E-state index < -0.39 is 0 Å². The Balaban J connectivity index is 0.00000176. The largest absolute Gasteiger partial charge is 0.457 e. The number of likely N-dealkylation sites (tertiary alicyclic amines) is 1. The van der Waals surface area contributed by atoms with E-state index in [1.54, 1.807) is 0 Å². The number of nitrogen functional groups attached to an aromatic ring is 1. The Bertz CT molecular complexity index is 1130. The summed E-state index contributed by atoms with van der Waals surface area (Å²) >= 11 is 0. The molecule has 2 aromatic carbocycles. The lowest BCUT2D eigenvalue weighted by atomic mass is 10.0. The fraction of sp³-hybridized carbons (Fsp3) is 0.333. The number of anilines is 2. The van der Waals surface area contributed by atoms with Crippen LogP contribution >= 0.6 is 0 Å². The van der Waals surface area contributed by atoms with Crippen molar-refractivity contribution in [2.45, 2.75) is 25.3 Å². The number of benzene rings is 2. The number of para-hydroxylation sites is 1. The summed E-state index contributed by atoms with van der Waals surface area (Å²) in [6.07, 6.45) is 4.25. The molecule has 1 saturated heterocycles. The number of ether oxygens (including phenoxy) is 1. The van der Waals surface area contributed by atoms with Gasteiger partial charge < -0.3 is 31.2 Å². The third-order valence-electron chi connectivity index (χ3n) is 5.97. The molecule has 5 N–H and O–H groups in total. The van der Waals surface area contributed by atoms with Crippen LogP contribution < -0.4 is 21.5 Å². The second-order valence-corrected chi connectivity index (χ2v) is 8.37. The van der Waals surface area contributed by atoms with Crippen molar-refractivity contribution in [3.8, 4) is 28.7 Å². The SMILES string of the molecule is CN.N#CC(CC=O)CCN1CCC(Nc2ncnc(N)c2-c2ccc(Oc3ccccc3)cc2)C1. The Hall–Kier alpha value is -4.00. The minimum Gasteiger partial charge on any atom is -0.457 e. The topological polar surface area (TPSA) is 143 Å². The predicted octanol–water partition coefficient (Wildman–Crippen LogP) is 3.70. The fourth-order valence-corrected chi connectivity index (χ4v) is 4.14. The zero-order chi connectivity index (χ0) is 25.8. The molecule has 2 heterocycles. The number of nitrogens with zero attached hydrogens (tertiary/aromatic N) is 4. The van der Waals surface area contributed by atoms with Gasteiger partial charge in [-0.3, -0.25) is 0 Å². The van der Waals surface area contributed by atoms with Gasteiger partial charge in [-0.05, 0) is 56.3 Å². The molecule has 9 nitrogen and oxygen atoms in total. The maximum Gasteiger partial charge on any atom is 0.139 e. The molecule has 9 heteroatoms. The number of nitriles is 1. The van der Waals surface area contributed by atoms with Gasteiger partial charge in [-0.2, -0.15) is 5.26 Å². The maximum atomic E-state index is 10.7. The minimum atomic E-state index is -0.216. The average molecular weight is 488 g/mol. The van der Waals surface area contributed by atoms with E-state index in [2.05, 4.69) is 32.0 Å². The first-order valence-corrected chi connectivity index (χ1v) is 12.0. The van der Waals surface area contributed by atoms with Gasteiger partial charge in [-0.15, -0.1) is 0 Å². The number of nitrogens with one attached hydrogen (secondary N) is 1. The predicted molar refractivity (Wildman–Crippen MR) is 141 cm³/mol. The first-order valence-electron chi connectivity index (χ1n) is 12.0. The minimum absolute atomic E-state index is 0.209. The summed E-state index contributed by atoms with van der Waals surface area (Å²) in [6.45, 7) is 2.57. The van der Waals surface area contributed by atoms with E-state index in [0.717, 1.165) is 55.0 Å². The number of nitrogens with two attached hydrogens (primary N) is 2. The number of aldehydes is 1. The Morgan fingerprint density at radius 1 is 1.17 bits per heavy atom. The third kappa shape index (κ3) is 7.25. The van der Waals surface area contributed by atoms with E-state index in [-0.39, 0.29) is 12.0 Å². The second-order valence-electron chi connectivity index (χ2n) is 8.37. The third-order valence-corrected chi connectivity index (χ3v) is 5.97. The highest BCUT2D eigenvalue weighted by molar-refractivity contribution is 5.83. The van der Waals surface area contributed by atoms with Crippen LogP contribution in [0.1, 0.15) is 19.3 Å². The molecule has 3 aromatic rings. The Labute approximate surface area is 212 Å². The fourth-order valence-electron chi connectivity index (χ4n) is 4.14. The molecule has 1 aliphatic rings. The van der Waals surface area contributed by atoms with Crippen molar-refractivity contribution in [1.29, 1.82) is 5.26 Å². The van der Waals surface area contributed by atoms with Crippen LogP contribution in [0, 0.1) is 17.2 Å². The standard InChI is InChI=1S/C26H28N6O2.CH5N/c27-16-19(12-15-33)10-13-32-14-11-21(17-32)31-26-24(25(28)29-18-30-26)20-6-8-23(9-7-20)34-22-4-2-1-3-5-22;1-2/h1-9,15,18-19,21H,10-14,17H2,(H3,28,29,30,31);2H2,1H3. The van der Waals surface area contributed by atoms with Crippen LogP contribution in [0.3, 0.4) is 0 Å². The Kier molecular flexibility index (Phi) is 10.2. The van der Waals surface area contributed by atoms with Crippen LogP contribution in [0.15, 0.2) is 60.9 Å². The molecular weight excluding hydrogens is 454 g/mol. The van der Waals surface area contributed by atoms with Crippen LogP contribution in [0.4, 0.5) is 11.6 Å². The van der Waals surface area contributed by atoms with E-state index >= 15 is 0 Å². The maximum absolute atomic E-state index is 10.7. The van der Waals surface area contributed by atoms with Gasteiger partial charge in [0.15, 0.2) is 0 Å². The van der Waals surface area contributed by atoms with Crippen molar-refractivity contribution in [1.82, 2.24) is 14.9 Å². The molecule has 2 atom stereocenters. The second kappa shape index (κ2) is 13.8. The van der Waals surface area contributed by atoms with E-state index in [4.69, 9.17) is 15.7 Å². The van der Waals surface area contributed by atoms with Crippen molar-refractivity contribution in [2.24, 2.45) is 11.7 Å². The molecule has 2 unspecified atom stereocenters. The molecule has 0 bridgehead atoms. The Morgan fingerprint density at radius 2 is 1.89 bits per heavy atom. The molecule has 0 aliphatic carbocycles. The van der Waals surface area contributed by atoms with Crippen LogP contribution in [0.2, 0.25) is 0 Å². The summed E-state index contributed by atoms with van der Waals surface area (Å²) in [5.74, 6) is 2.41. The number of carbonyl (C=O) groups is 1. The van der Waals surface area contributed by atoms with Gasteiger partial charge in [0.2, 0.25) is 0 Å². The number of hydrogen-bond donors (Lipinski definition) is 3. The van der Waals surface area contributed by atoms with Gasteiger partial charge in [0.1, 0.15) is 35.7 Å². The molecule has 188 valence electrons. The van der Waals surface area contributed by atoms with Crippen molar-refractivity contribution in [3.05, 3.63) is 60.9 Å². The van der Waals surface area contributed by atoms with Gasteiger partial charge >= 0.3 is 0 Å². The molecule has 4 rings (SSSR count). The van der Waals surface area contributed by atoms with Crippen LogP contribution in [0.5, 0.6) is 11.5 Å². The average Bonchev–Trinajstić information content (AvgIpc) is 3.36. The lowest BCUT2D eigenvalue weighted by Gasteiger charge is -2.19. The highest BCUT2D eigenvalue weighted by Gasteiger charge is 2.25. The monoisotopic (exact) mass is 487 g/mol. The van der Waals surface area contributed by atoms with E-state index in [1.165, 1.54) is 13.4 Å². The molecule has 0 spiro atoms. The summed E-state index contributed by atoms with van der Waals surface area (Å²) in [6, 6.07) is 19.8. The van der Waals surface area contributed by atoms with Gasteiger partial charge in [-0.25, -0.2) is 9.97 Å². The summed E-state index contributed by atoms with van der Waals surface area (Å²) in [4.78, 5) is 21.7. The summed E-state index contributed by atoms with van der Waals surface area (Å²) in [7, 11) is 1.50. The molecule has 0 amide bonds. The summed E-state index contributed by atoms with van der Waals surface area (Å²) in [5.41, 5.74) is 12.4. The van der Waals surface area contributed by atoms with E-state index in [0.29, 0.717) is 24.5 Å². The van der Waals surface area contributed by atoms with Crippen molar-refractivity contribution in [2.75, 3.05) is 37.7 Å². The van der Waals surface area contributed by atoms with Crippen LogP contribution in [-0.2, 0) is 4.79 Å². The number of aromatic nitrogens is 2. The molecule has 0 saturated carbocycles. The normalized spacial score (nSPS) is 15.8. The summed E-state index contributed by atoms with van der Waals surface area (Å²) < 4.78 is 5.89. The highest BCUT2D eigenvalue weighted by Crippen LogP contribution is 2.33. The van der Waals surface area contributed by atoms with Gasteiger partial charge in [0, 0.05) is 25.6 Å². The smallest absolute Gasteiger partial charge is 0.139 e.